The van der Waals surface area contributed by atoms with E-state index in [4.69, 9.17) is 10.5 Å². The van der Waals surface area contributed by atoms with Crippen LogP contribution in [0, 0.1) is 6.92 Å². The molecule has 0 radical (unpaired) electrons. The van der Waals surface area contributed by atoms with Crippen LogP contribution in [0.4, 0.5) is 0 Å². The summed E-state index contributed by atoms with van der Waals surface area (Å²) in [5.41, 5.74) is 10.4. The number of aromatic amines is 1. The minimum atomic E-state index is -1.31. The molecule has 0 saturated carbocycles. The Labute approximate surface area is 180 Å². The first-order valence-corrected chi connectivity index (χ1v) is 10.1. The molecule has 0 aliphatic heterocycles. The second kappa shape index (κ2) is 10.1. The van der Waals surface area contributed by atoms with E-state index in [1.54, 1.807) is 12.1 Å². The molecule has 1 amide bonds. The number of aliphatic hydroxyl groups excluding tert-OH is 1. The number of nitrogens with one attached hydrogen (secondary N) is 2. The number of aliphatic hydroxyl groups is 1. The Bertz CT molecular complexity index is 1100. The van der Waals surface area contributed by atoms with E-state index >= 15 is 0 Å². The lowest BCUT2D eigenvalue weighted by Gasteiger charge is -2.11. The molecule has 0 bridgehead atoms. The molecule has 0 spiro atoms. The van der Waals surface area contributed by atoms with Crippen LogP contribution in [0.3, 0.4) is 0 Å². The summed E-state index contributed by atoms with van der Waals surface area (Å²) in [7, 11) is 0. The molecule has 1 heterocycles. The number of amides is 1. The van der Waals surface area contributed by atoms with Crippen LogP contribution in [0.2, 0.25) is 0 Å². The number of aromatic nitrogens is 1. The molecule has 0 fully saturated rings. The second-order valence-electron chi connectivity index (χ2n) is 7.41. The molecule has 2 aromatic carbocycles. The number of esters is 1. The SMILES string of the molecule is Cc1[nH]c2ccccc2c1CCNCc1ccc(C(=CC(N)=O)OC(=O)C(C)O)cc1. The summed E-state index contributed by atoms with van der Waals surface area (Å²) in [6.45, 7) is 4.87. The quantitative estimate of drug-likeness (QED) is 0.183. The van der Waals surface area contributed by atoms with Crippen molar-refractivity contribution in [2.75, 3.05) is 6.54 Å². The summed E-state index contributed by atoms with van der Waals surface area (Å²) in [6.07, 6.45) is 0.631. The maximum absolute atomic E-state index is 11.7. The Morgan fingerprint density at radius 3 is 2.58 bits per heavy atom. The molecule has 7 nitrogen and oxygen atoms in total. The van der Waals surface area contributed by atoms with Gasteiger partial charge in [0.25, 0.3) is 0 Å². The van der Waals surface area contributed by atoms with Gasteiger partial charge in [0, 0.05) is 34.8 Å². The van der Waals surface area contributed by atoms with E-state index in [0.29, 0.717) is 12.1 Å². The summed E-state index contributed by atoms with van der Waals surface area (Å²) in [4.78, 5) is 26.4. The van der Waals surface area contributed by atoms with Crippen molar-refractivity contribution < 1.29 is 19.4 Å². The summed E-state index contributed by atoms with van der Waals surface area (Å²) in [6, 6.07) is 15.5. The third-order valence-electron chi connectivity index (χ3n) is 4.97. The fourth-order valence-corrected chi connectivity index (χ4v) is 3.38. The normalized spacial score (nSPS) is 12.7. The van der Waals surface area contributed by atoms with E-state index in [1.807, 2.05) is 24.3 Å². The number of primary amides is 1. The van der Waals surface area contributed by atoms with Crippen molar-refractivity contribution in [3.63, 3.8) is 0 Å². The third kappa shape index (κ3) is 5.81. The van der Waals surface area contributed by atoms with E-state index in [2.05, 4.69) is 29.4 Å². The molecule has 5 N–H and O–H groups in total. The average Bonchev–Trinajstić information content (AvgIpc) is 3.05. The molecule has 3 aromatic rings. The van der Waals surface area contributed by atoms with Gasteiger partial charge in [-0.3, -0.25) is 4.79 Å². The smallest absolute Gasteiger partial charge is 0.340 e. The molecule has 1 unspecified atom stereocenters. The van der Waals surface area contributed by atoms with Gasteiger partial charge in [0.15, 0.2) is 0 Å². The van der Waals surface area contributed by atoms with Gasteiger partial charge in [0.1, 0.15) is 11.9 Å². The molecule has 162 valence electrons. The highest BCUT2D eigenvalue weighted by molar-refractivity contribution is 5.94. The molecule has 0 saturated heterocycles. The van der Waals surface area contributed by atoms with Gasteiger partial charge in [0.2, 0.25) is 5.91 Å². The Hall–Kier alpha value is -3.42. The lowest BCUT2D eigenvalue weighted by molar-refractivity contribution is -0.145. The van der Waals surface area contributed by atoms with E-state index in [9.17, 15) is 14.7 Å². The zero-order valence-corrected chi connectivity index (χ0v) is 17.6. The highest BCUT2D eigenvalue weighted by Gasteiger charge is 2.15. The van der Waals surface area contributed by atoms with Crippen molar-refractivity contribution >= 4 is 28.5 Å². The molecule has 0 aliphatic carbocycles. The number of rotatable bonds is 9. The van der Waals surface area contributed by atoms with Crippen LogP contribution in [0.25, 0.3) is 16.7 Å². The van der Waals surface area contributed by atoms with Gasteiger partial charge in [-0.05, 0) is 44.0 Å². The molecule has 31 heavy (non-hydrogen) atoms. The first-order valence-electron chi connectivity index (χ1n) is 10.1. The monoisotopic (exact) mass is 421 g/mol. The van der Waals surface area contributed by atoms with E-state index in [0.717, 1.165) is 30.1 Å². The summed E-state index contributed by atoms with van der Waals surface area (Å²) >= 11 is 0. The van der Waals surface area contributed by atoms with Crippen LogP contribution >= 0.6 is 0 Å². The molecule has 7 heteroatoms. The number of carbonyl (C=O) groups excluding carboxylic acids is 2. The third-order valence-corrected chi connectivity index (χ3v) is 4.97. The molecule has 3 rings (SSSR count). The standard InChI is InChI=1S/C24H27N3O4/c1-15-19(20-5-3-4-6-21(20)27-15)11-12-26-14-17-7-9-18(10-8-17)22(13-23(25)29)31-24(30)16(2)28/h3-10,13,16,26-28H,11-12,14H2,1-2H3,(H2,25,29). The Balaban J connectivity index is 1.59. The van der Waals surface area contributed by atoms with Crippen LogP contribution in [0.15, 0.2) is 54.6 Å². The number of ether oxygens (including phenoxy) is 1. The van der Waals surface area contributed by atoms with Gasteiger partial charge in [-0.25, -0.2) is 4.79 Å². The van der Waals surface area contributed by atoms with Crippen molar-refractivity contribution in [3.05, 3.63) is 77.0 Å². The van der Waals surface area contributed by atoms with E-state index in [-0.39, 0.29) is 5.76 Å². The zero-order chi connectivity index (χ0) is 22.4. The summed E-state index contributed by atoms with van der Waals surface area (Å²) < 4.78 is 5.09. The van der Waals surface area contributed by atoms with Gasteiger partial charge in [-0.15, -0.1) is 0 Å². The molecular formula is C24H27N3O4. The van der Waals surface area contributed by atoms with Gasteiger partial charge in [0.05, 0.1) is 0 Å². The number of hydrogen-bond acceptors (Lipinski definition) is 5. The molecule has 0 aliphatic rings. The van der Waals surface area contributed by atoms with Crippen LogP contribution in [0.5, 0.6) is 0 Å². The lowest BCUT2D eigenvalue weighted by Crippen LogP contribution is -2.20. The minimum Gasteiger partial charge on any atom is -0.424 e. The van der Waals surface area contributed by atoms with Crippen molar-refractivity contribution in [2.45, 2.75) is 32.9 Å². The minimum absolute atomic E-state index is 0.00715. The summed E-state index contributed by atoms with van der Waals surface area (Å²) in [5, 5.41) is 14.0. The maximum Gasteiger partial charge on any atom is 0.340 e. The first kappa shape index (κ1) is 22.3. The second-order valence-corrected chi connectivity index (χ2v) is 7.41. The van der Waals surface area contributed by atoms with E-state index in [1.165, 1.54) is 23.6 Å². The van der Waals surface area contributed by atoms with Crippen LogP contribution in [-0.2, 0) is 27.3 Å². The number of fused-ring (bicyclic) bond motifs is 1. The number of hydrogen-bond donors (Lipinski definition) is 4. The van der Waals surface area contributed by atoms with Crippen LogP contribution in [0.1, 0.15) is 29.3 Å². The van der Waals surface area contributed by atoms with Crippen molar-refractivity contribution in [1.29, 1.82) is 0 Å². The number of benzene rings is 2. The van der Waals surface area contributed by atoms with Crippen molar-refractivity contribution in [2.24, 2.45) is 5.73 Å². The predicted molar refractivity (Wildman–Crippen MR) is 120 cm³/mol. The van der Waals surface area contributed by atoms with Crippen LogP contribution in [-0.4, -0.2) is 34.6 Å². The van der Waals surface area contributed by atoms with Crippen molar-refractivity contribution in [3.8, 4) is 0 Å². The van der Waals surface area contributed by atoms with Crippen LogP contribution < -0.4 is 11.1 Å². The Morgan fingerprint density at radius 2 is 1.90 bits per heavy atom. The Kier molecular flexibility index (Phi) is 7.23. The number of H-pyrrole nitrogens is 1. The highest BCUT2D eigenvalue weighted by Crippen LogP contribution is 2.22. The number of para-hydroxylation sites is 1. The topological polar surface area (TPSA) is 117 Å². The number of nitrogens with two attached hydrogens (primary N) is 1. The van der Waals surface area contributed by atoms with E-state index < -0.39 is 18.0 Å². The Morgan fingerprint density at radius 1 is 1.19 bits per heavy atom. The first-order chi connectivity index (χ1) is 14.8. The van der Waals surface area contributed by atoms with Gasteiger partial charge >= 0.3 is 5.97 Å². The molecule has 1 atom stereocenters. The lowest BCUT2D eigenvalue weighted by atomic mass is 10.1. The maximum atomic E-state index is 11.7. The summed E-state index contributed by atoms with van der Waals surface area (Å²) in [5.74, 6) is -1.59. The van der Waals surface area contributed by atoms with Gasteiger partial charge in [-0.1, -0.05) is 42.5 Å². The van der Waals surface area contributed by atoms with Crippen molar-refractivity contribution in [1.82, 2.24) is 10.3 Å². The highest BCUT2D eigenvalue weighted by atomic mass is 16.6. The predicted octanol–water partition coefficient (Wildman–Crippen LogP) is 2.56. The fourth-order valence-electron chi connectivity index (χ4n) is 3.38. The molecular weight excluding hydrogens is 394 g/mol. The molecule has 1 aromatic heterocycles. The van der Waals surface area contributed by atoms with Gasteiger partial charge in [-0.2, -0.15) is 0 Å². The number of aryl methyl sites for hydroxylation is 1. The fraction of sp³-hybridized carbons (Fsp3) is 0.250. The number of carbonyl (C=O) groups is 2. The zero-order valence-electron chi connectivity index (χ0n) is 17.6. The largest absolute Gasteiger partial charge is 0.424 e. The average molecular weight is 421 g/mol. The van der Waals surface area contributed by atoms with Gasteiger partial charge < -0.3 is 25.9 Å².